The number of piperazine rings is 1. The number of morpholine rings is 1. The molecule has 0 spiro atoms. The fraction of sp³-hybridized carbons (Fsp3) is 0.846. The van der Waals surface area contributed by atoms with E-state index in [9.17, 15) is 9.59 Å². The first-order valence-corrected chi connectivity index (χ1v) is 7.23. The normalized spacial score (nSPS) is 28.4. The minimum Gasteiger partial charge on any atom is -0.480 e. The van der Waals surface area contributed by atoms with E-state index in [2.05, 4.69) is 22.2 Å². The van der Waals surface area contributed by atoms with E-state index in [1.54, 1.807) is 0 Å². The van der Waals surface area contributed by atoms with E-state index < -0.39 is 12.0 Å². The molecule has 2 rings (SSSR count). The second-order valence-electron chi connectivity index (χ2n) is 5.71. The van der Waals surface area contributed by atoms with E-state index in [4.69, 9.17) is 9.84 Å². The van der Waals surface area contributed by atoms with Crippen molar-refractivity contribution in [2.75, 3.05) is 60.0 Å². The van der Waals surface area contributed by atoms with Crippen molar-refractivity contribution in [3.8, 4) is 0 Å². The number of carboxylic acid groups (broad SMARTS) is 1. The molecule has 2 N–H and O–H groups in total. The zero-order valence-electron chi connectivity index (χ0n) is 12.6. The van der Waals surface area contributed by atoms with Crippen molar-refractivity contribution in [3.63, 3.8) is 0 Å². The summed E-state index contributed by atoms with van der Waals surface area (Å²) in [5.41, 5.74) is 0. The second-order valence-corrected chi connectivity index (χ2v) is 5.71. The fourth-order valence-corrected chi connectivity index (χ4v) is 2.68. The molecule has 8 heteroatoms. The number of amides is 2. The van der Waals surface area contributed by atoms with Crippen molar-refractivity contribution in [2.45, 2.75) is 12.1 Å². The van der Waals surface area contributed by atoms with Gasteiger partial charge in [0.1, 0.15) is 0 Å². The number of urea groups is 1. The van der Waals surface area contributed by atoms with Gasteiger partial charge in [-0.25, -0.2) is 9.59 Å². The molecule has 2 amide bonds. The zero-order valence-corrected chi connectivity index (χ0v) is 12.6. The Kier molecular flexibility index (Phi) is 5.38. The predicted octanol–water partition coefficient (Wildman–Crippen LogP) is -1.27. The maximum Gasteiger partial charge on any atom is 0.328 e. The molecular weight excluding hydrogens is 276 g/mol. The molecule has 0 aromatic carbocycles. The van der Waals surface area contributed by atoms with E-state index in [1.165, 1.54) is 4.90 Å². The first-order chi connectivity index (χ1) is 9.99. The Hall–Kier alpha value is -1.38. The number of hydrogen-bond acceptors (Lipinski definition) is 5. The van der Waals surface area contributed by atoms with Gasteiger partial charge in [0.05, 0.1) is 13.2 Å². The Labute approximate surface area is 124 Å². The smallest absolute Gasteiger partial charge is 0.328 e. The molecule has 2 aliphatic heterocycles. The van der Waals surface area contributed by atoms with Crippen molar-refractivity contribution < 1.29 is 19.4 Å². The van der Waals surface area contributed by atoms with Crippen molar-refractivity contribution in [1.29, 1.82) is 0 Å². The van der Waals surface area contributed by atoms with Crippen LogP contribution in [0.15, 0.2) is 0 Å². The Morgan fingerprint density at radius 1 is 1.29 bits per heavy atom. The average molecular weight is 300 g/mol. The molecule has 0 bridgehead atoms. The first kappa shape index (κ1) is 16.0. The number of hydrogen-bond donors (Lipinski definition) is 2. The number of carbonyl (C=O) groups is 2. The number of carboxylic acids is 1. The van der Waals surface area contributed by atoms with Crippen LogP contribution in [0, 0.1) is 0 Å². The maximum atomic E-state index is 12.2. The van der Waals surface area contributed by atoms with Gasteiger partial charge in [0.2, 0.25) is 0 Å². The third-order valence-corrected chi connectivity index (χ3v) is 4.14. The van der Waals surface area contributed by atoms with Gasteiger partial charge < -0.3 is 25.0 Å². The van der Waals surface area contributed by atoms with Crippen LogP contribution in [0.3, 0.4) is 0 Å². The van der Waals surface area contributed by atoms with Crippen molar-refractivity contribution in [3.05, 3.63) is 0 Å². The van der Waals surface area contributed by atoms with E-state index >= 15 is 0 Å². The summed E-state index contributed by atoms with van der Waals surface area (Å²) in [6, 6.07) is -0.977. The SMILES string of the molecule is CN1CCN(C)C(CNC(=O)N2CCOCC2C(=O)O)C1. The first-order valence-electron chi connectivity index (χ1n) is 7.23. The van der Waals surface area contributed by atoms with E-state index in [0.717, 1.165) is 19.6 Å². The van der Waals surface area contributed by atoms with Crippen LogP contribution in [0.4, 0.5) is 4.79 Å². The monoisotopic (exact) mass is 300 g/mol. The number of likely N-dealkylation sites (N-methyl/N-ethyl adjacent to an activating group) is 2. The third-order valence-electron chi connectivity index (χ3n) is 4.14. The zero-order chi connectivity index (χ0) is 15.4. The molecule has 2 unspecified atom stereocenters. The number of ether oxygens (including phenoxy) is 1. The number of carbonyl (C=O) groups excluding carboxylic acids is 1. The van der Waals surface area contributed by atoms with Crippen LogP contribution in [-0.4, -0.2) is 104 Å². The molecule has 0 saturated carbocycles. The fourth-order valence-electron chi connectivity index (χ4n) is 2.68. The lowest BCUT2D eigenvalue weighted by Crippen LogP contribution is -2.59. The number of nitrogens with zero attached hydrogens (tertiary/aromatic N) is 3. The highest BCUT2D eigenvalue weighted by molar-refractivity contribution is 5.83. The van der Waals surface area contributed by atoms with E-state index in [-0.39, 0.29) is 18.7 Å². The summed E-state index contributed by atoms with van der Waals surface area (Å²) in [6.45, 7) is 4.13. The molecule has 21 heavy (non-hydrogen) atoms. The van der Waals surface area contributed by atoms with Gasteiger partial charge in [-0.15, -0.1) is 0 Å². The molecule has 0 aliphatic carbocycles. The molecule has 2 heterocycles. The standard InChI is InChI=1S/C13H24N4O4/c1-15-3-4-16(2)10(8-15)7-14-13(20)17-5-6-21-9-11(17)12(18)19/h10-11H,3-9H2,1-2H3,(H,14,20)(H,18,19). The lowest BCUT2D eigenvalue weighted by molar-refractivity contribution is -0.147. The minimum absolute atomic E-state index is 0.0504. The Bertz CT molecular complexity index is 392. The Morgan fingerprint density at radius 2 is 2.05 bits per heavy atom. The highest BCUT2D eigenvalue weighted by Crippen LogP contribution is 2.09. The number of aliphatic carboxylic acids is 1. The quantitative estimate of drug-likeness (QED) is 0.676. The minimum atomic E-state index is -1.03. The van der Waals surface area contributed by atoms with Crippen LogP contribution in [-0.2, 0) is 9.53 Å². The van der Waals surface area contributed by atoms with Gasteiger partial charge in [0.15, 0.2) is 6.04 Å². The molecule has 2 aliphatic rings. The van der Waals surface area contributed by atoms with E-state index in [1.807, 2.05) is 7.05 Å². The average Bonchev–Trinajstić information content (AvgIpc) is 2.47. The lowest BCUT2D eigenvalue weighted by Gasteiger charge is -2.38. The van der Waals surface area contributed by atoms with Crippen LogP contribution in [0.5, 0.6) is 0 Å². The number of nitrogens with one attached hydrogen (secondary N) is 1. The van der Waals surface area contributed by atoms with Crippen LogP contribution < -0.4 is 5.32 Å². The van der Waals surface area contributed by atoms with Gasteiger partial charge in [0, 0.05) is 38.8 Å². The van der Waals surface area contributed by atoms with Crippen molar-refractivity contribution in [1.82, 2.24) is 20.0 Å². The molecule has 0 aromatic rings. The lowest BCUT2D eigenvalue weighted by atomic mass is 10.2. The van der Waals surface area contributed by atoms with Crippen molar-refractivity contribution >= 4 is 12.0 Å². The summed E-state index contributed by atoms with van der Waals surface area (Å²) in [6.07, 6.45) is 0. The summed E-state index contributed by atoms with van der Waals surface area (Å²) in [7, 11) is 4.10. The largest absolute Gasteiger partial charge is 0.480 e. The molecule has 8 nitrogen and oxygen atoms in total. The Balaban J connectivity index is 1.86. The van der Waals surface area contributed by atoms with Crippen LogP contribution >= 0.6 is 0 Å². The summed E-state index contributed by atoms with van der Waals surface area (Å²) in [5.74, 6) is -1.03. The van der Waals surface area contributed by atoms with Gasteiger partial charge in [-0.2, -0.15) is 0 Å². The topological polar surface area (TPSA) is 85.4 Å². The summed E-state index contributed by atoms with van der Waals surface area (Å²) in [5, 5.41) is 12.0. The van der Waals surface area contributed by atoms with Crippen LogP contribution in [0.25, 0.3) is 0 Å². The summed E-state index contributed by atoms with van der Waals surface area (Å²) in [4.78, 5) is 29.2. The summed E-state index contributed by atoms with van der Waals surface area (Å²) < 4.78 is 5.13. The highest BCUT2D eigenvalue weighted by Gasteiger charge is 2.33. The van der Waals surface area contributed by atoms with Crippen LogP contribution in [0.2, 0.25) is 0 Å². The van der Waals surface area contributed by atoms with Gasteiger partial charge in [-0.1, -0.05) is 0 Å². The molecule has 0 aromatic heterocycles. The second kappa shape index (κ2) is 7.06. The third kappa shape index (κ3) is 4.05. The maximum absolute atomic E-state index is 12.2. The molecule has 120 valence electrons. The summed E-state index contributed by atoms with van der Waals surface area (Å²) >= 11 is 0. The molecule has 2 saturated heterocycles. The molecular formula is C13H24N4O4. The van der Waals surface area contributed by atoms with E-state index in [0.29, 0.717) is 19.7 Å². The van der Waals surface area contributed by atoms with Gasteiger partial charge in [0.25, 0.3) is 0 Å². The van der Waals surface area contributed by atoms with Crippen LogP contribution in [0.1, 0.15) is 0 Å². The molecule has 2 fully saturated rings. The number of rotatable bonds is 3. The van der Waals surface area contributed by atoms with Gasteiger partial charge >= 0.3 is 12.0 Å². The molecule has 2 atom stereocenters. The Morgan fingerprint density at radius 3 is 2.76 bits per heavy atom. The van der Waals surface area contributed by atoms with Gasteiger partial charge in [-0.3, -0.25) is 4.90 Å². The van der Waals surface area contributed by atoms with Gasteiger partial charge in [-0.05, 0) is 14.1 Å². The molecule has 0 radical (unpaired) electrons. The van der Waals surface area contributed by atoms with Crippen molar-refractivity contribution in [2.24, 2.45) is 0 Å². The highest BCUT2D eigenvalue weighted by atomic mass is 16.5. The predicted molar refractivity (Wildman–Crippen MR) is 76.3 cm³/mol.